The lowest BCUT2D eigenvalue weighted by molar-refractivity contribution is 0.144. The van der Waals surface area contributed by atoms with Crippen molar-refractivity contribution in [2.75, 3.05) is 6.61 Å². The largest absolute Gasteiger partial charge is 0.395 e. The number of hydrogen-bond donors (Lipinski definition) is 1. The second-order valence-corrected chi connectivity index (χ2v) is 3.93. The summed E-state index contributed by atoms with van der Waals surface area (Å²) < 4.78 is 0. The van der Waals surface area contributed by atoms with Gasteiger partial charge in [-0.1, -0.05) is 45.6 Å². The maximum atomic E-state index is 9.36. The van der Waals surface area contributed by atoms with Gasteiger partial charge in [-0.05, 0) is 12.8 Å². The molecule has 1 heteroatoms. The molecule has 0 aromatic heterocycles. The fourth-order valence-electron chi connectivity index (χ4n) is 1.61. The molecule has 1 nitrogen and oxygen atoms in total. The van der Waals surface area contributed by atoms with Gasteiger partial charge >= 0.3 is 0 Å². The molecular weight excluding hydrogens is 160 g/mol. The Morgan fingerprint density at radius 2 is 1.62 bits per heavy atom. The monoisotopic (exact) mass is 184 g/mol. The van der Waals surface area contributed by atoms with Crippen molar-refractivity contribution in [2.24, 2.45) is 5.41 Å². The van der Waals surface area contributed by atoms with E-state index in [1.54, 1.807) is 0 Å². The van der Waals surface area contributed by atoms with Crippen molar-refractivity contribution in [3.05, 3.63) is 12.7 Å². The average Bonchev–Trinajstić information content (AvgIpc) is 2.20. The maximum absolute atomic E-state index is 9.36. The first kappa shape index (κ1) is 12.7. The van der Waals surface area contributed by atoms with Crippen LogP contribution >= 0.6 is 0 Å². The molecule has 0 atom stereocenters. The van der Waals surface area contributed by atoms with Crippen LogP contribution in [0.3, 0.4) is 0 Å². The van der Waals surface area contributed by atoms with Gasteiger partial charge in [0.05, 0.1) is 6.61 Å². The van der Waals surface area contributed by atoms with E-state index in [9.17, 15) is 5.11 Å². The zero-order chi connectivity index (χ0) is 10.2. The predicted octanol–water partition coefficient (Wildman–Crippen LogP) is 3.53. The number of hydrogen-bond acceptors (Lipinski definition) is 1. The summed E-state index contributed by atoms with van der Waals surface area (Å²) >= 11 is 0. The van der Waals surface area contributed by atoms with E-state index in [0.29, 0.717) is 0 Å². The first-order valence-electron chi connectivity index (χ1n) is 5.49. The zero-order valence-electron chi connectivity index (χ0n) is 9.18. The van der Waals surface area contributed by atoms with E-state index < -0.39 is 0 Å². The van der Waals surface area contributed by atoms with Crippen molar-refractivity contribution in [1.82, 2.24) is 0 Å². The molecule has 13 heavy (non-hydrogen) atoms. The summed E-state index contributed by atoms with van der Waals surface area (Å²) in [5.74, 6) is 0. The van der Waals surface area contributed by atoms with Gasteiger partial charge in [0.25, 0.3) is 0 Å². The minimum absolute atomic E-state index is 0.00597. The van der Waals surface area contributed by atoms with Crippen LogP contribution in [0.15, 0.2) is 12.7 Å². The molecule has 0 rings (SSSR count). The summed E-state index contributed by atoms with van der Waals surface area (Å²) in [5.41, 5.74) is 0.00597. The van der Waals surface area contributed by atoms with Gasteiger partial charge in [0.1, 0.15) is 0 Å². The van der Waals surface area contributed by atoms with Gasteiger partial charge in [-0.2, -0.15) is 0 Å². The van der Waals surface area contributed by atoms with Gasteiger partial charge in [0.15, 0.2) is 0 Å². The molecule has 0 aliphatic rings. The smallest absolute Gasteiger partial charge is 0.0521 e. The molecule has 0 saturated carbocycles. The lowest BCUT2D eigenvalue weighted by Gasteiger charge is -2.28. The van der Waals surface area contributed by atoms with Crippen LogP contribution in [0.4, 0.5) is 0 Å². The van der Waals surface area contributed by atoms with Gasteiger partial charge in [-0.15, -0.1) is 6.58 Å². The minimum atomic E-state index is 0.00597. The van der Waals surface area contributed by atoms with Crippen molar-refractivity contribution in [2.45, 2.75) is 52.4 Å². The van der Waals surface area contributed by atoms with Crippen LogP contribution in [0.25, 0.3) is 0 Å². The van der Waals surface area contributed by atoms with Crippen molar-refractivity contribution in [3.8, 4) is 0 Å². The summed E-state index contributed by atoms with van der Waals surface area (Å²) in [5, 5.41) is 9.36. The summed E-state index contributed by atoms with van der Waals surface area (Å²) in [6, 6.07) is 0. The van der Waals surface area contributed by atoms with Crippen molar-refractivity contribution in [3.63, 3.8) is 0 Å². The molecule has 0 aliphatic heterocycles. The SMILES string of the molecule is C=CC(CO)(CCCC)CCCC. The number of unbranched alkanes of at least 4 members (excludes halogenated alkanes) is 2. The molecular formula is C12H24O. The quantitative estimate of drug-likeness (QED) is 0.572. The average molecular weight is 184 g/mol. The second-order valence-electron chi connectivity index (χ2n) is 3.93. The maximum Gasteiger partial charge on any atom is 0.0521 e. The molecule has 0 unspecified atom stereocenters. The van der Waals surface area contributed by atoms with Crippen LogP contribution in [0, 0.1) is 5.41 Å². The van der Waals surface area contributed by atoms with Crippen LogP contribution in [-0.2, 0) is 0 Å². The predicted molar refractivity (Wildman–Crippen MR) is 58.8 cm³/mol. The molecule has 0 saturated heterocycles. The first-order chi connectivity index (χ1) is 6.24. The van der Waals surface area contributed by atoms with Gasteiger partial charge < -0.3 is 5.11 Å². The molecule has 0 bridgehead atoms. The van der Waals surface area contributed by atoms with Crippen LogP contribution in [0.2, 0.25) is 0 Å². The highest BCUT2D eigenvalue weighted by Crippen LogP contribution is 2.31. The molecule has 0 amide bonds. The highest BCUT2D eigenvalue weighted by molar-refractivity contribution is 4.94. The van der Waals surface area contributed by atoms with E-state index in [1.165, 1.54) is 25.7 Å². The van der Waals surface area contributed by atoms with E-state index in [-0.39, 0.29) is 12.0 Å². The topological polar surface area (TPSA) is 20.2 Å². The molecule has 0 fully saturated rings. The molecule has 78 valence electrons. The van der Waals surface area contributed by atoms with Crippen molar-refractivity contribution in [1.29, 1.82) is 0 Å². The lowest BCUT2D eigenvalue weighted by Crippen LogP contribution is -2.22. The minimum Gasteiger partial charge on any atom is -0.395 e. The fraction of sp³-hybridized carbons (Fsp3) is 0.833. The normalized spacial score (nSPS) is 11.6. The summed E-state index contributed by atoms with van der Waals surface area (Å²) in [4.78, 5) is 0. The molecule has 1 N–H and O–H groups in total. The molecule has 0 aliphatic carbocycles. The van der Waals surface area contributed by atoms with E-state index in [0.717, 1.165) is 12.8 Å². The first-order valence-corrected chi connectivity index (χ1v) is 5.49. The van der Waals surface area contributed by atoms with Crippen LogP contribution in [-0.4, -0.2) is 11.7 Å². The van der Waals surface area contributed by atoms with E-state index in [4.69, 9.17) is 0 Å². The molecule has 0 radical (unpaired) electrons. The zero-order valence-corrected chi connectivity index (χ0v) is 9.18. The Hall–Kier alpha value is -0.300. The van der Waals surface area contributed by atoms with Gasteiger partial charge in [-0.25, -0.2) is 0 Å². The molecule has 0 spiro atoms. The number of aliphatic hydroxyl groups excluding tert-OH is 1. The lowest BCUT2D eigenvalue weighted by atomic mass is 9.79. The van der Waals surface area contributed by atoms with E-state index in [2.05, 4.69) is 20.4 Å². The molecule has 0 heterocycles. The fourth-order valence-corrected chi connectivity index (χ4v) is 1.61. The van der Waals surface area contributed by atoms with Crippen molar-refractivity contribution < 1.29 is 5.11 Å². The Bertz CT molecular complexity index is 121. The summed E-state index contributed by atoms with van der Waals surface area (Å²) in [6.45, 7) is 8.48. The Kier molecular flexibility index (Phi) is 6.97. The van der Waals surface area contributed by atoms with Crippen LogP contribution < -0.4 is 0 Å². The Morgan fingerprint density at radius 1 is 1.15 bits per heavy atom. The summed E-state index contributed by atoms with van der Waals surface area (Å²) in [6.07, 6.45) is 8.90. The summed E-state index contributed by atoms with van der Waals surface area (Å²) in [7, 11) is 0. The second kappa shape index (κ2) is 7.14. The Labute approximate surface area is 82.9 Å². The Balaban J connectivity index is 4.04. The van der Waals surface area contributed by atoms with Gasteiger partial charge in [0, 0.05) is 5.41 Å². The standard InChI is InChI=1S/C12H24O/c1-4-7-9-12(6-3,11-13)10-8-5-2/h6,13H,3-5,7-11H2,1-2H3. The third-order valence-electron chi connectivity index (χ3n) is 2.80. The third kappa shape index (κ3) is 4.47. The van der Waals surface area contributed by atoms with E-state index in [1.807, 2.05) is 6.08 Å². The van der Waals surface area contributed by atoms with Crippen LogP contribution in [0.1, 0.15) is 52.4 Å². The highest BCUT2D eigenvalue weighted by Gasteiger charge is 2.23. The molecule has 0 aromatic carbocycles. The van der Waals surface area contributed by atoms with Crippen LogP contribution in [0.5, 0.6) is 0 Å². The number of aliphatic hydroxyl groups is 1. The Morgan fingerprint density at radius 3 is 1.85 bits per heavy atom. The van der Waals surface area contributed by atoms with Crippen molar-refractivity contribution >= 4 is 0 Å². The highest BCUT2D eigenvalue weighted by atomic mass is 16.3. The third-order valence-corrected chi connectivity index (χ3v) is 2.80. The van der Waals surface area contributed by atoms with Gasteiger partial charge in [-0.3, -0.25) is 0 Å². The van der Waals surface area contributed by atoms with Gasteiger partial charge in [0.2, 0.25) is 0 Å². The number of rotatable bonds is 8. The molecule has 0 aromatic rings. The van der Waals surface area contributed by atoms with E-state index >= 15 is 0 Å².